The number of hydrogen-bond acceptors (Lipinski definition) is 8. The van der Waals surface area contributed by atoms with Gasteiger partial charge in [0.15, 0.2) is 23.7 Å². The molecule has 0 bridgehead atoms. The maximum Gasteiger partial charge on any atom is 0.422 e. The number of nitrogens with one attached hydrogen (secondary N) is 1. The van der Waals surface area contributed by atoms with Crippen LogP contribution in [0.1, 0.15) is 35.9 Å². The highest BCUT2D eigenvalue weighted by molar-refractivity contribution is 6.04. The van der Waals surface area contributed by atoms with Gasteiger partial charge in [0.2, 0.25) is 5.91 Å². The second-order valence-corrected chi connectivity index (χ2v) is 9.18. The molecule has 40 heavy (non-hydrogen) atoms. The van der Waals surface area contributed by atoms with Crippen molar-refractivity contribution < 1.29 is 42.1 Å². The monoisotopic (exact) mass is 565 g/mol. The Morgan fingerprint density at radius 1 is 1.20 bits per heavy atom. The second-order valence-electron chi connectivity index (χ2n) is 9.18. The Bertz CT molecular complexity index is 1390. The van der Waals surface area contributed by atoms with Crippen molar-refractivity contribution in [2.45, 2.75) is 38.4 Å². The molecule has 216 valence electrons. The van der Waals surface area contributed by atoms with Gasteiger partial charge in [-0.15, -0.1) is 0 Å². The maximum atomic E-state index is 13.4. The summed E-state index contributed by atoms with van der Waals surface area (Å²) < 4.78 is 56.8. The lowest BCUT2D eigenvalue weighted by atomic mass is 10.0. The molecule has 1 aliphatic heterocycles. The minimum Gasteiger partial charge on any atom is -0.497 e. The Kier molecular flexibility index (Phi) is 8.57. The number of likely N-dealkylation sites (tertiary alicyclic amines) is 1. The number of piperidine rings is 1. The van der Waals surface area contributed by atoms with Crippen molar-refractivity contribution in [3.8, 4) is 23.0 Å². The van der Waals surface area contributed by atoms with Gasteiger partial charge in [-0.2, -0.15) is 13.2 Å². The number of benzene rings is 1. The van der Waals surface area contributed by atoms with Crippen LogP contribution in [0.4, 0.5) is 13.2 Å². The van der Waals surface area contributed by atoms with Crippen molar-refractivity contribution in [3.05, 3.63) is 41.7 Å². The molecule has 1 saturated heterocycles. The highest BCUT2D eigenvalue weighted by Gasteiger charge is 2.33. The Hall–Kier alpha value is -4.20. The number of carbonyl (C=O) groups excluding carboxylic acids is 2. The Morgan fingerprint density at radius 3 is 2.52 bits per heavy atom. The molecule has 4 rings (SSSR count). The van der Waals surface area contributed by atoms with Crippen molar-refractivity contribution in [1.82, 2.24) is 19.9 Å². The largest absolute Gasteiger partial charge is 0.497 e. The number of hydrogen-bond donors (Lipinski definition) is 3. The summed E-state index contributed by atoms with van der Waals surface area (Å²) in [4.78, 5) is 31.0. The van der Waals surface area contributed by atoms with Crippen LogP contribution in [0.2, 0.25) is 0 Å². The fourth-order valence-corrected chi connectivity index (χ4v) is 4.49. The first-order valence-electron chi connectivity index (χ1n) is 12.6. The molecule has 0 aliphatic carbocycles. The lowest BCUT2D eigenvalue weighted by molar-refractivity contribution is -0.153. The smallest absolute Gasteiger partial charge is 0.422 e. The van der Waals surface area contributed by atoms with Crippen LogP contribution in [0.3, 0.4) is 0 Å². The average Bonchev–Trinajstić information content (AvgIpc) is 3.21. The van der Waals surface area contributed by atoms with Gasteiger partial charge in [-0.3, -0.25) is 9.59 Å². The predicted molar refractivity (Wildman–Crippen MR) is 138 cm³/mol. The highest BCUT2D eigenvalue weighted by atomic mass is 19.4. The van der Waals surface area contributed by atoms with Crippen LogP contribution >= 0.6 is 0 Å². The van der Waals surface area contributed by atoms with Crippen molar-refractivity contribution in [2.75, 3.05) is 39.3 Å². The number of ether oxygens (including phenoxy) is 3. The molecular formula is C26H30F3N5O6. The van der Waals surface area contributed by atoms with Crippen LogP contribution in [-0.2, 0) is 11.2 Å². The van der Waals surface area contributed by atoms with E-state index in [0.717, 1.165) is 4.68 Å². The molecule has 1 fully saturated rings. The van der Waals surface area contributed by atoms with E-state index in [1.165, 1.54) is 18.1 Å². The van der Waals surface area contributed by atoms with E-state index < -0.39 is 31.2 Å². The van der Waals surface area contributed by atoms with Gasteiger partial charge in [-0.05, 0) is 37.5 Å². The number of fused-ring (bicyclic) bond motifs is 1. The third-order valence-corrected chi connectivity index (χ3v) is 6.49. The van der Waals surface area contributed by atoms with Gasteiger partial charge in [0.1, 0.15) is 23.9 Å². The van der Waals surface area contributed by atoms with Crippen molar-refractivity contribution in [2.24, 2.45) is 0 Å². The molecule has 2 aromatic heterocycles. The van der Waals surface area contributed by atoms with E-state index in [2.05, 4.69) is 10.3 Å². The molecule has 14 heteroatoms. The fraction of sp³-hybridized carbons (Fsp3) is 0.423. The Morgan fingerprint density at radius 2 is 1.90 bits per heavy atom. The van der Waals surface area contributed by atoms with E-state index in [1.807, 2.05) is 6.92 Å². The number of rotatable bonds is 9. The molecule has 3 aromatic rings. The van der Waals surface area contributed by atoms with Gasteiger partial charge < -0.3 is 35.4 Å². The van der Waals surface area contributed by atoms with E-state index in [9.17, 15) is 22.8 Å². The van der Waals surface area contributed by atoms with Gasteiger partial charge in [-0.1, -0.05) is 13.0 Å². The number of aliphatic hydroxyl groups excluding tert-OH is 1. The standard InChI is InChI=1S/C26H30F3N5O6/c1-3-19-20(40-17-6-4-5-16(11-17)38-2)12-18-23(39-14-26(27,28)29)22(34(30)24(18)32-19)25(37)31-15-7-9-33(10-8-15)21(36)13-35/h4-6,11-12,15,35H,3,7-10,13-14,30H2,1-2H3,(H,31,37). The van der Waals surface area contributed by atoms with Gasteiger partial charge >= 0.3 is 6.18 Å². The molecule has 0 unspecified atom stereocenters. The van der Waals surface area contributed by atoms with Crippen molar-refractivity contribution >= 4 is 22.8 Å². The predicted octanol–water partition coefficient (Wildman–Crippen LogP) is 2.77. The summed E-state index contributed by atoms with van der Waals surface area (Å²) in [5.74, 6) is 5.87. The lowest BCUT2D eigenvalue weighted by Gasteiger charge is -2.32. The zero-order valence-corrected chi connectivity index (χ0v) is 22.0. The zero-order valence-electron chi connectivity index (χ0n) is 22.0. The number of methoxy groups -OCH3 is 1. The molecule has 0 atom stereocenters. The number of pyridine rings is 1. The molecule has 0 radical (unpaired) electrons. The van der Waals surface area contributed by atoms with Crippen LogP contribution in [0, 0.1) is 0 Å². The van der Waals surface area contributed by atoms with Gasteiger partial charge in [0.25, 0.3) is 5.91 Å². The van der Waals surface area contributed by atoms with Crippen LogP contribution in [-0.4, -0.2) is 77.1 Å². The average molecular weight is 566 g/mol. The number of halogens is 3. The zero-order chi connectivity index (χ0) is 29.0. The maximum absolute atomic E-state index is 13.4. The molecule has 0 spiro atoms. The number of nitrogens with zero attached hydrogens (tertiary/aromatic N) is 3. The molecule has 11 nitrogen and oxygen atoms in total. The van der Waals surface area contributed by atoms with Gasteiger partial charge in [0, 0.05) is 25.2 Å². The summed E-state index contributed by atoms with van der Waals surface area (Å²) in [6, 6.07) is 7.83. The minimum absolute atomic E-state index is 0.0422. The van der Waals surface area contributed by atoms with E-state index in [4.69, 9.17) is 25.2 Å². The first-order valence-corrected chi connectivity index (χ1v) is 12.6. The molecule has 1 aromatic carbocycles. The SMILES string of the molecule is CCc1nc2c(cc1Oc1cccc(OC)c1)c(OCC(F)(F)F)c(C(=O)NC1CCN(C(=O)CO)CC1)n2N. The second kappa shape index (κ2) is 11.9. The number of aromatic nitrogens is 2. The number of nitrogens with two attached hydrogens (primary N) is 1. The van der Waals surface area contributed by atoms with E-state index in [0.29, 0.717) is 49.5 Å². The summed E-state index contributed by atoms with van der Waals surface area (Å²) in [6.07, 6.45) is -3.51. The minimum atomic E-state index is -4.68. The highest BCUT2D eigenvalue weighted by Crippen LogP contribution is 2.38. The first-order chi connectivity index (χ1) is 19.0. The number of aliphatic hydroxyl groups is 1. The molecule has 0 saturated carbocycles. The third-order valence-electron chi connectivity index (χ3n) is 6.49. The molecular weight excluding hydrogens is 535 g/mol. The van der Waals surface area contributed by atoms with Crippen LogP contribution < -0.4 is 25.4 Å². The number of aryl methyl sites for hydroxylation is 1. The number of amides is 2. The molecule has 2 amide bonds. The van der Waals surface area contributed by atoms with E-state index in [-0.39, 0.29) is 34.3 Å². The van der Waals surface area contributed by atoms with Crippen LogP contribution in [0.5, 0.6) is 23.0 Å². The topological polar surface area (TPSA) is 141 Å². The third kappa shape index (κ3) is 6.33. The molecule has 1 aliphatic rings. The fourth-order valence-electron chi connectivity index (χ4n) is 4.49. The normalized spacial score (nSPS) is 14.3. The van der Waals surface area contributed by atoms with Crippen LogP contribution in [0.25, 0.3) is 11.0 Å². The summed E-state index contributed by atoms with van der Waals surface area (Å²) >= 11 is 0. The number of alkyl halides is 3. The van der Waals surface area contributed by atoms with E-state index in [1.54, 1.807) is 24.3 Å². The summed E-state index contributed by atoms with van der Waals surface area (Å²) in [5, 5.41) is 11.9. The number of nitrogen functional groups attached to an aromatic ring is 1. The first kappa shape index (κ1) is 28.8. The van der Waals surface area contributed by atoms with Crippen molar-refractivity contribution in [3.63, 3.8) is 0 Å². The Labute approximate surface area is 227 Å². The van der Waals surface area contributed by atoms with Crippen molar-refractivity contribution in [1.29, 1.82) is 0 Å². The van der Waals surface area contributed by atoms with Crippen LogP contribution in [0.15, 0.2) is 30.3 Å². The number of carbonyl (C=O) groups is 2. The summed E-state index contributed by atoms with van der Waals surface area (Å²) in [7, 11) is 1.50. The van der Waals surface area contributed by atoms with Gasteiger partial charge in [-0.25, -0.2) is 9.66 Å². The molecule has 4 N–H and O–H groups in total. The quantitative estimate of drug-likeness (QED) is 0.337. The van der Waals surface area contributed by atoms with Gasteiger partial charge in [0.05, 0.1) is 18.2 Å². The summed E-state index contributed by atoms with van der Waals surface area (Å²) in [6.45, 7) is 0.161. The summed E-state index contributed by atoms with van der Waals surface area (Å²) in [5.41, 5.74) is 0.163. The Balaban J connectivity index is 1.70. The molecule has 3 heterocycles. The lowest BCUT2D eigenvalue weighted by Crippen LogP contribution is -2.47. The van der Waals surface area contributed by atoms with E-state index >= 15 is 0 Å².